The van der Waals surface area contributed by atoms with Crippen LogP contribution in [-0.4, -0.2) is 56.7 Å². The quantitative estimate of drug-likeness (QED) is 0.293. The molecule has 1 fully saturated rings. The third-order valence-corrected chi connectivity index (χ3v) is 8.18. The first-order valence-corrected chi connectivity index (χ1v) is 12.1. The van der Waals surface area contributed by atoms with E-state index in [0.29, 0.717) is 24.2 Å². The van der Waals surface area contributed by atoms with Crippen molar-refractivity contribution in [1.82, 2.24) is 0 Å². The van der Waals surface area contributed by atoms with Crippen LogP contribution in [0.2, 0.25) is 0 Å². The van der Waals surface area contributed by atoms with Crippen molar-refractivity contribution in [3.05, 3.63) is 46.2 Å². The molecule has 0 bridgehead atoms. The molecular weight excluding hydrogens is 466 g/mol. The van der Waals surface area contributed by atoms with Crippen LogP contribution in [0.15, 0.2) is 35.1 Å². The number of carbonyl (C=O) groups excluding carboxylic acids is 3. The van der Waals surface area contributed by atoms with Gasteiger partial charge in [0.1, 0.15) is 22.8 Å². The lowest BCUT2D eigenvalue weighted by Crippen LogP contribution is -2.69. The Bertz CT molecular complexity index is 1230. The molecule has 0 spiro atoms. The number of benzene rings is 1. The molecule has 0 heterocycles. The fraction of sp³-hybridized carbons (Fsp3) is 0.519. The summed E-state index contributed by atoms with van der Waals surface area (Å²) in [6, 6.07) is 5.22. The van der Waals surface area contributed by atoms with Gasteiger partial charge in [-0.05, 0) is 30.4 Å². The van der Waals surface area contributed by atoms with Crippen molar-refractivity contribution in [3.63, 3.8) is 0 Å². The topological polar surface area (TPSA) is 167 Å². The minimum absolute atomic E-state index is 0.0708. The number of aliphatic hydroxyl groups excluding tert-OH is 3. The van der Waals surface area contributed by atoms with E-state index in [4.69, 9.17) is 15.6 Å². The molecule has 0 saturated heterocycles. The summed E-state index contributed by atoms with van der Waals surface area (Å²) in [6.07, 6.45) is 0.749. The molecule has 0 aliphatic heterocycles. The summed E-state index contributed by atoms with van der Waals surface area (Å²) < 4.78 is 5.75. The molecule has 4 unspecified atom stereocenters. The third kappa shape index (κ3) is 3.25. The van der Waals surface area contributed by atoms with Gasteiger partial charge in [-0.25, -0.2) is 0 Å². The maximum Gasteiger partial charge on any atom is 0.255 e. The van der Waals surface area contributed by atoms with Crippen LogP contribution in [-0.2, 0) is 20.8 Å². The molecule has 3 aliphatic rings. The molecule has 1 aromatic rings. The van der Waals surface area contributed by atoms with E-state index in [1.165, 1.54) is 0 Å². The largest absolute Gasteiger partial charge is 0.508 e. The molecule has 1 saturated carbocycles. The number of ether oxygens (including phenoxy) is 1. The number of nitrogens with two attached hydrogens (primary N) is 1. The summed E-state index contributed by atoms with van der Waals surface area (Å²) in [7, 11) is 0. The molecule has 3 aliphatic carbocycles. The third-order valence-electron chi connectivity index (χ3n) is 8.18. The summed E-state index contributed by atoms with van der Waals surface area (Å²) in [5.41, 5.74) is 0.439. The van der Waals surface area contributed by atoms with Gasteiger partial charge in [0, 0.05) is 35.3 Å². The van der Waals surface area contributed by atoms with E-state index < -0.39 is 57.1 Å². The predicted octanol–water partition coefficient (Wildman–Crippen LogP) is 2.14. The van der Waals surface area contributed by atoms with Crippen molar-refractivity contribution < 1.29 is 39.5 Å². The molecule has 1 aromatic carbocycles. The number of amides is 1. The molecule has 9 heteroatoms. The average molecular weight is 500 g/mol. The smallest absolute Gasteiger partial charge is 0.255 e. The van der Waals surface area contributed by atoms with E-state index in [1.807, 2.05) is 6.07 Å². The standard InChI is InChI=1S/C27H33NO8/c1-13(2)18-21(31)17(24(28)34)22(32)27(35)23(33)19-20(30)16-14(11-25(19,3)12-26(18,27)4)7-5-8-15(16)36-10-6-9-29/h5,7-8,13,18,29-30,32,35H,6,9-12H2,1-4H3,(H2,28,34). The highest BCUT2D eigenvalue weighted by Crippen LogP contribution is 2.64. The maximum absolute atomic E-state index is 14.2. The van der Waals surface area contributed by atoms with Crippen LogP contribution in [0.4, 0.5) is 0 Å². The van der Waals surface area contributed by atoms with Crippen LogP contribution < -0.4 is 10.5 Å². The lowest BCUT2D eigenvalue weighted by atomic mass is 9.43. The van der Waals surface area contributed by atoms with Gasteiger partial charge in [0.15, 0.2) is 11.4 Å². The second kappa shape index (κ2) is 8.45. The summed E-state index contributed by atoms with van der Waals surface area (Å²) in [6.45, 7) is 6.97. The van der Waals surface area contributed by atoms with E-state index in [0.717, 1.165) is 5.56 Å². The van der Waals surface area contributed by atoms with Crippen LogP contribution in [0, 0.1) is 22.7 Å². The highest BCUT2D eigenvalue weighted by Gasteiger charge is 2.72. The number of Topliss-reactive ketones (excluding diaryl/α,β-unsaturated/α-hetero) is 2. The zero-order valence-corrected chi connectivity index (χ0v) is 20.9. The molecular formula is C27H33NO8. The van der Waals surface area contributed by atoms with Gasteiger partial charge in [0.2, 0.25) is 5.78 Å². The van der Waals surface area contributed by atoms with Crippen LogP contribution >= 0.6 is 0 Å². The first kappa shape index (κ1) is 25.9. The Morgan fingerprint density at radius 2 is 1.89 bits per heavy atom. The van der Waals surface area contributed by atoms with E-state index in [-0.39, 0.29) is 31.0 Å². The number of aliphatic hydroxyl groups is 4. The normalized spacial score (nSPS) is 31.8. The number of hydrogen-bond acceptors (Lipinski definition) is 8. The predicted molar refractivity (Wildman–Crippen MR) is 130 cm³/mol. The van der Waals surface area contributed by atoms with Gasteiger partial charge in [0.05, 0.1) is 12.2 Å². The fourth-order valence-electron chi connectivity index (χ4n) is 6.92. The molecule has 4 rings (SSSR count). The number of fused-ring (bicyclic) bond motifs is 3. The number of primary amides is 1. The van der Waals surface area contributed by atoms with E-state index >= 15 is 0 Å². The second-order valence-electron chi connectivity index (χ2n) is 11.0. The summed E-state index contributed by atoms with van der Waals surface area (Å²) in [5, 5.41) is 43.6. The Balaban J connectivity index is 1.99. The molecule has 36 heavy (non-hydrogen) atoms. The number of hydrogen-bond donors (Lipinski definition) is 5. The average Bonchev–Trinajstić information content (AvgIpc) is 2.76. The van der Waals surface area contributed by atoms with Crippen molar-refractivity contribution in [2.45, 2.75) is 52.6 Å². The summed E-state index contributed by atoms with van der Waals surface area (Å²) in [4.78, 5) is 39.7. The molecule has 1 amide bonds. The van der Waals surface area contributed by atoms with Crippen molar-refractivity contribution in [3.8, 4) is 5.75 Å². The monoisotopic (exact) mass is 499 g/mol. The van der Waals surface area contributed by atoms with Crippen molar-refractivity contribution in [1.29, 1.82) is 0 Å². The van der Waals surface area contributed by atoms with Gasteiger partial charge in [-0.1, -0.05) is 39.8 Å². The molecule has 4 atom stereocenters. The van der Waals surface area contributed by atoms with Crippen molar-refractivity contribution in [2.75, 3.05) is 13.2 Å². The maximum atomic E-state index is 14.2. The second-order valence-corrected chi connectivity index (χ2v) is 11.0. The molecule has 0 radical (unpaired) electrons. The Morgan fingerprint density at radius 1 is 1.22 bits per heavy atom. The van der Waals surface area contributed by atoms with Gasteiger partial charge in [-0.15, -0.1) is 0 Å². The lowest BCUT2D eigenvalue weighted by molar-refractivity contribution is -0.178. The van der Waals surface area contributed by atoms with Crippen LogP contribution in [0.5, 0.6) is 5.75 Å². The van der Waals surface area contributed by atoms with Crippen LogP contribution in [0.25, 0.3) is 5.76 Å². The van der Waals surface area contributed by atoms with Gasteiger partial charge < -0.3 is 30.9 Å². The van der Waals surface area contributed by atoms with E-state index in [2.05, 4.69) is 0 Å². The van der Waals surface area contributed by atoms with Gasteiger partial charge in [-0.2, -0.15) is 0 Å². The summed E-state index contributed by atoms with van der Waals surface area (Å²) in [5.74, 6) is -5.42. The Kier molecular flexibility index (Phi) is 6.08. The molecule has 0 aromatic heterocycles. The number of ketones is 2. The number of carbonyl (C=O) groups is 3. The minimum Gasteiger partial charge on any atom is -0.508 e. The lowest BCUT2D eigenvalue weighted by Gasteiger charge is -2.59. The Morgan fingerprint density at radius 3 is 2.47 bits per heavy atom. The Hall–Kier alpha value is -3.17. The van der Waals surface area contributed by atoms with E-state index in [9.17, 15) is 29.7 Å². The van der Waals surface area contributed by atoms with Crippen LogP contribution in [0.1, 0.15) is 51.7 Å². The van der Waals surface area contributed by atoms with E-state index in [1.54, 1.807) is 39.8 Å². The molecule has 6 N–H and O–H groups in total. The Labute approximate surface area is 209 Å². The van der Waals surface area contributed by atoms with Crippen molar-refractivity contribution in [2.24, 2.45) is 28.4 Å². The van der Waals surface area contributed by atoms with Gasteiger partial charge >= 0.3 is 0 Å². The number of rotatable bonds is 6. The zero-order valence-electron chi connectivity index (χ0n) is 20.9. The first-order chi connectivity index (χ1) is 16.8. The van der Waals surface area contributed by atoms with Crippen LogP contribution in [0.3, 0.4) is 0 Å². The van der Waals surface area contributed by atoms with Crippen molar-refractivity contribution >= 4 is 23.2 Å². The highest BCUT2D eigenvalue weighted by molar-refractivity contribution is 6.24. The SMILES string of the molecule is CC(C)C1C(=O)C(C(N)=O)=C(O)C2(O)C(=O)C3=C(O)c4c(cccc4OCCCO)CC3(C)CC12C. The minimum atomic E-state index is -2.65. The molecule has 194 valence electrons. The molecule has 9 nitrogen and oxygen atoms in total. The van der Waals surface area contributed by atoms with Gasteiger partial charge in [0.25, 0.3) is 5.91 Å². The van der Waals surface area contributed by atoms with Gasteiger partial charge in [-0.3, -0.25) is 14.4 Å². The summed E-state index contributed by atoms with van der Waals surface area (Å²) >= 11 is 0. The first-order valence-electron chi connectivity index (χ1n) is 12.1. The zero-order chi connectivity index (χ0) is 26.8. The highest BCUT2D eigenvalue weighted by atomic mass is 16.5. The fourth-order valence-corrected chi connectivity index (χ4v) is 6.92.